The fourth-order valence-electron chi connectivity index (χ4n) is 3.99. The average molecular weight is 399 g/mol. The second-order valence-electron chi connectivity index (χ2n) is 7.06. The van der Waals surface area contributed by atoms with Crippen molar-refractivity contribution in [3.8, 4) is 0 Å². The molecule has 4 rings (SSSR count). The van der Waals surface area contributed by atoms with Crippen LogP contribution in [-0.4, -0.2) is 29.7 Å². The van der Waals surface area contributed by atoms with E-state index in [1.54, 1.807) is 0 Å². The smallest absolute Gasteiger partial charge is 0.177 e. The zero-order valence-corrected chi connectivity index (χ0v) is 16.0. The number of benzene rings is 2. The minimum atomic E-state index is -0.167. The molecule has 0 aromatic heterocycles. The van der Waals surface area contributed by atoms with Gasteiger partial charge in [0.15, 0.2) is 6.10 Å². The third-order valence-corrected chi connectivity index (χ3v) is 6.02. The van der Waals surface area contributed by atoms with E-state index < -0.39 is 0 Å². The van der Waals surface area contributed by atoms with Crippen molar-refractivity contribution in [1.29, 1.82) is 0 Å². The predicted octanol–water partition coefficient (Wildman–Crippen LogP) is 5.17. The van der Waals surface area contributed by atoms with Crippen LogP contribution in [0.2, 0.25) is 0 Å². The Bertz CT molecular complexity index is 728. The van der Waals surface area contributed by atoms with Crippen molar-refractivity contribution in [1.82, 2.24) is 4.90 Å². The molecule has 4 heteroatoms. The molecule has 0 amide bonds. The summed E-state index contributed by atoms with van der Waals surface area (Å²) in [5.41, 5.74) is 3.46. The molecule has 2 heterocycles. The molecule has 3 nitrogen and oxygen atoms in total. The number of oxime groups is 1. The third kappa shape index (κ3) is 3.65. The van der Waals surface area contributed by atoms with E-state index in [4.69, 9.17) is 4.84 Å². The second-order valence-corrected chi connectivity index (χ2v) is 7.98. The predicted molar refractivity (Wildman–Crippen MR) is 105 cm³/mol. The van der Waals surface area contributed by atoms with Gasteiger partial charge in [0.25, 0.3) is 0 Å². The van der Waals surface area contributed by atoms with Gasteiger partial charge in [-0.3, -0.25) is 4.90 Å². The Morgan fingerprint density at radius 1 is 0.960 bits per heavy atom. The van der Waals surface area contributed by atoms with Crippen LogP contribution >= 0.6 is 15.9 Å². The van der Waals surface area contributed by atoms with E-state index in [1.165, 1.54) is 18.6 Å². The Morgan fingerprint density at radius 3 is 2.20 bits per heavy atom. The first-order valence-electron chi connectivity index (χ1n) is 8.94. The summed E-state index contributed by atoms with van der Waals surface area (Å²) in [6.45, 7) is 0. The molecule has 0 radical (unpaired) electrons. The lowest BCUT2D eigenvalue weighted by molar-refractivity contribution is 0.0839. The summed E-state index contributed by atoms with van der Waals surface area (Å²) in [5.74, 6) is 0. The lowest BCUT2D eigenvalue weighted by Crippen LogP contribution is -2.40. The van der Waals surface area contributed by atoms with E-state index in [0.29, 0.717) is 12.1 Å². The van der Waals surface area contributed by atoms with E-state index >= 15 is 0 Å². The molecule has 0 aliphatic carbocycles. The monoisotopic (exact) mass is 398 g/mol. The maximum atomic E-state index is 6.11. The van der Waals surface area contributed by atoms with Crippen LogP contribution in [-0.2, 0) is 4.84 Å². The van der Waals surface area contributed by atoms with Gasteiger partial charge in [0.1, 0.15) is 0 Å². The highest BCUT2D eigenvalue weighted by atomic mass is 79.9. The van der Waals surface area contributed by atoms with E-state index in [1.807, 2.05) is 18.2 Å². The van der Waals surface area contributed by atoms with Gasteiger partial charge in [0.2, 0.25) is 0 Å². The van der Waals surface area contributed by atoms with E-state index in [2.05, 4.69) is 69.4 Å². The first kappa shape index (κ1) is 16.8. The highest BCUT2D eigenvalue weighted by Crippen LogP contribution is 2.34. The largest absolute Gasteiger partial charge is 0.383 e. The first-order chi connectivity index (χ1) is 12.2. The number of fused-ring (bicyclic) bond motifs is 2. The van der Waals surface area contributed by atoms with Gasteiger partial charge >= 0.3 is 0 Å². The Kier molecular flexibility index (Phi) is 4.91. The minimum absolute atomic E-state index is 0.167. The number of halogens is 1. The van der Waals surface area contributed by atoms with Gasteiger partial charge in [-0.25, -0.2) is 0 Å². The van der Waals surface area contributed by atoms with E-state index in [0.717, 1.165) is 28.4 Å². The maximum Gasteiger partial charge on any atom is 0.177 e. The van der Waals surface area contributed by atoms with Gasteiger partial charge in [-0.2, -0.15) is 0 Å². The molecule has 2 bridgehead atoms. The van der Waals surface area contributed by atoms with Crippen molar-refractivity contribution in [2.75, 3.05) is 7.05 Å². The Labute approximate surface area is 157 Å². The Balaban J connectivity index is 1.57. The van der Waals surface area contributed by atoms with Gasteiger partial charge in [-0.1, -0.05) is 63.6 Å². The number of piperidine rings is 1. The summed E-state index contributed by atoms with van der Waals surface area (Å²) in [7, 11) is 2.24. The van der Waals surface area contributed by atoms with Crippen LogP contribution in [0, 0.1) is 0 Å². The Morgan fingerprint density at radius 2 is 1.56 bits per heavy atom. The third-order valence-electron chi connectivity index (χ3n) is 5.49. The molecule has 1 unspecified atom stereocenters. The molecule has 2 aromatic carbocycles. The summed E-state index contributed by atoms with van der Waals surface area (Å²) < 4.78 is 1.07. The molecule has 2 aliphatic heterocycles. The number of nitrogens with zero attached hydrogens (tertiary/aromatic N) is 2. The highest BCUT2D eigenvalue weighted by molar-refractivity contribution is 9.10. The van der Waals surface area contributed by atoms with Crippen LogP contribution in [0.4, 0.5) is 0 Å². The molecule has 2 fully saturated rings. The molecule has 25 heavy (non-hydrogen) atoms. The van der Waals surface area contributed by atoms with Crippen LogP contribution in [0.3, 0.4) is 0 Å². The van der Waals surface area contributed by atoms with Gasteiger partial charge in [0.05, 0.1) is 5.71 Å². The minimum Gasteiger partial charge on any atom is -0.383 e. The van der Waals surface area contributed by atoms with Gasteiger partial charge in [0, 0.05) is 29.4 Å². The summed E-state index contributed by atoms with van der Waals surface area (Å²) in [6.07, 6.45) is 4.48. The standard InChI is InChI=1S/C21H23BrN2O/c1-24-19-11-12-20(24)14-18(13-19)23-25-21(15-5-3-2-4-6-15)16-7-9-17(22)10-8-16/h2-10,19-21H,11-14H2,1H3/t19-,20+,21?. The number of hydrogen-bond donors (Lipinski definition) is 0. The fraction of sp³-hybridized carbons (Fsp3) is 0.381. The highest BCUT2D eigenvalue weighted by Gasteiger charge is 2.37. The van der Waals surface area contributed by atoms with Crippen molar-refractivity contribution in [2.24, 2.45) is 5.16 Å². The normalized spacial score (nSPS) is 25.9. The Hall–Kier alpha value is -1.65. The lowest BCUT2D eigenvalue weighted by atomic mass is 10.0. The summed E-state index contributed by atoms with van der Waals surface area (Å²) >= 11 is 3.51. The van der Waals surface area contributed by atoms with Gasteiger partial charge in [-0.05, 0) is 43.1 Å². The maximum absolute atomic E-state index is 6.11. The van der Waals surface area contributed by atoms with Crippen molar-refractivity contribution in [3.63, 3.8) is 0 Å². The zero-order chi connectivity index (χ0) is 17.2. The number of rotatable bonds is 4. The molecule has 0 N–H and O–H groups in total. The first-order valence-corrected chi connectivity index (χ1v) is 9.74. The van der Waals surface area contributed by atoms with Crippen molar-refractivity contribution < 1.29 is 4.84 Å². The van der Waals surface area contributed by atoms with Gasteiger partial charge in [-0.15, -0.1) is 0 Å². The number of hydrogen-bond acceptors (Lipinski definition) is 3. The second kappa shape index (κ2) is 7.30. The summed E-state index contributed by atoms with van der Waals surface area (Å²) in [5, 5.41) is 4.61. The zero-order valence-electron chi connectivity index (χ0n) is 14.4. The van der Waals surface area contributed by atoms with Crippen LogP contribution in [0.15, 0.2) is 64.2 Å². The molecule has 2 aromatic rings. The molecule has 0 saturated carbocycles. The quantitative estimate of drug-likeness (QED) is 0.663. The molecule has 2 saturated heterocycles. The fourth-order valence-corrected chi connectivity index (χ4v) is 4.26. The van der Waals surface area contributed by atoms with Crippen LogP contribution in [0.25, 0.3) is 0 Å². The van der Waals surface area contributed by atoms with Crippen LogP contribution < -0.4 is 0 Å². The van der Waals surface area contributed by atoms with Crippen LogP contribution in [0.1, 0.15) is 42.9 Å². The van der Waals surface area contributed by atoms with E-state index in [-0.39, 0.29) is 6.10 Å². The van der Waals surface area contributed by atoms with Crippen LogP contribution in [0.5, 0.6) is 0 Å². The van der Waals surface area contributed by atoms with Gasteiger partial charge < -0.3 is 4.84 Å². The van der Waals surface area contributed by atoms with Crippen molar-refractivity contribution >= 4 is 21.6 Å². The van der Waals surface area contributed by atoms with E-state index in [9.17, 15) is 0 Å². The molecular weight excluding hydrogens is 376 g/mol. The van der Waals surface area contributed by atoms with Crippen molar-refractivity contribution in [2.45, 2.75) is 43.9 Å². The summed E-state index contributed by atoms with van der Waals surface area (Å²) in [6, 6.07) is 19.9. The molecule has 0 spiro atoms. The lowest BCUT2D eigenvalue weighted by Gasteiger charge is -2.31. The molecule has 130 valence electrons. The average Bonchev–Trinajstić information content (AvgIpc) is 2.85. The topological polar surface area (TPSA) is 24.8 Å². The van der Waals surface area contributed by atoms with Crippen molar-refractivity contribution in [3.05, 3.63) is 70.2 Å². The summed E-state index contributed by atoms with van der Waals surface area (Å²) in [4.78, 5) is 8.62. The molecule has 3 atom stereocenters. The molecular formula is C21H23BrN2O. The SMILES string of the molecule is CN1[C@@H]2CC[C@H]1CC(=NOC(c1ccccc1)c1ccc(Br)cc1)C2. The molecule has 2 aliphatic rings.